The summed E-state index contributed by atoms with van der Waals surface area (Å²) in [6.07, 6.45) is 4.99. The van der Waals surface area contributed by atoms with Crippen molar-refractivity contribution in [2.75, 3.05) is 33.0 Å². The number of ether oxygens (including phenoxy) is 3. The maximum Gasteiger partial charge on any atom is 0.407 e. The molecule has 3 amide bonds. The van der Waals surface area contributed by atoms with Crippen LogP contribution in [0.25, 0.3) is 11.1 Å². The Morgan fingerprint density at radius 1 is 0.912 bits per heavy atom. The van der Waals surface area contributed by atoms with Gasteiger partial charge >= 0.3 is 12.1 Å². The Bertz CT molecular complexity index is 1600. The SMILES string of the molecule is CCCCc1ccc(-c2ccc(C(=O)C[C@@H](CCCCNC(=O)OC(C)(C)C)C(=O)N[C@H]3COCCCCOCC[C@@H](C(=O)O)NC(=O)[C@H](C)CC3=O)cc2)cc1. The van der Waals surface area contributed by atoms with E-state index in [1.54, 1.807) is 32.9 Å². The highest BCUT2D eigenvalue weighted by Gasteiger charge is 2.31. The minimum Gasteiger partial charge on any atom is -0.480 e. The Morgan fingerprint density at radius 3 is 2.19 bits per heavy atom. The Balaban J connectivity index is 1.75. The van der Waals surface area contributed by atoms with Gasteiger partial charge < -0.3 is 35.3 Å². The van der Waals surface area contributed by atoms with Gasteiger partial charge in [0.15, 0.2) is 11.6 Å². The number of hydrogen-bond acceptors (Lipinski definition) is 9. The second kappa shape index (κ2) is 24.2. The predicted molar refractivity (Wildman–Crippen MR) is 217 cm³/mol. The highest BCUT2D eigenvalue weighted by atomic mass is 16.6. The monoisotopic (exact) mass is 793 g/mol. The van der Waals surface area contributed by atoms with Crippen molar-refractivity contribution < 1.29 is 48.1 Å². The van der Waals surface area contributed by atoms with Crippen LogP contribution in [0, 0.1) is 11.8 Å². The topological polar surface area (TPSA) is 186 Å². The van der Waals surface area contributed by atoms with Crippen LogP contribution >= 0.6 is 0 Å². The highest BCUT2D eigenvalue weighted by Crippen LogP contribution is 2.23. The summed E-state index contributed by atoms with van der Waals surface area (Å²) in [6.45, 7) is 9.99. The molecule has 314 valence electrons. The number of hydrogen-bond donors (Lipinski definition) is 4. The molecule has 2 aromatic carbocycles. The number of unbranched alkanes of at least 4 members (excludes halogenated alkanes) is 2. The molecule has 0 radical (unpaired) electrons. The van der Waals surface area contributed by atoms with E-state index in [1.165, 1.54) is 12.5 Å². The average molecular weight is 794 g/mol. The van der Waals surface area contributed by atoms with E-state index in [0.29, 0.717) is 57.4 Å². The Morgan fingerprint density at radius 2 is 1.56 bits per heavy atom. The summed E-state index contributed by atoms with van der Waals surface area (Å²) in [6, 6.07) is 13.4. The normalized spacial score (nSPS) is 19.5. The molecular formula is C44H63N3O10. The van der Waals surface area contributed by atoms with Gasteiger partial charge in [-0.3, -0.25) is 19.2 Å². The molecule has 1 aliphatic rings. The maximum atomic E-state index is 14.0. The predicted octanol–water partition coefficient (Wildman–Crippen LogP) is 6.45. The van der Waals surface area contributed by atoms with Gasteiger partial charge in [0, 0.05) is 63.0 Å². The number of Topliss-reactive ketones (excluding diaryl/α,β-unsaturated/α-hetero) is 2. The van der Waals surface area contributed by atoms with Crippen LogP contribution in [0.4, 0.5) is 4.79 Å². The molecule has 0 aliphatic carbocycles. The third kappa shape index (κ3) is 17.6. The molecule has 13 nitrogen and oxygen atoms in total. The molecule has 4 atom stereocenters. The molecule has 1 aliphatic heterocycles. The van der Waals surface area contributed by atoms with Gasteiger partial charge in [-0.25, -0.2) is 9.59 Å². The summed E-state index contributed by atoms with van der Waals surface area (Å²) in [7, 11) is 0. The van der Waals surface area contributed by atoms with E-state index in [9.17, 15) is 33.9 Å². The molecular weight excluding hydrogens is 730 g/mol. The lowest BCUT2D eigenvalue weighted by Gasteiger charge is -2.24. The smallest absolute Gasteiger partial charge is 0.407 e. The van der Waals surface area contributed by atoms with Crippen LogP contribution in [0.5, 0.6) is 0 Å². The summed E-state index contributed by atoms with van der Waals surface area (Å²) in [5, 5.41) is 17.6. The van der Waals surface area contributed by atoms with E-state index in [4.69, 9.17) is 14.2 Å². The number of aryl methyl sites for hydroxylation is 1. The number of carbonyl (C=O) groups is 6. The molecule has 3 rings (SSSR count). The van der Waals surface area contributed by atoms with Crippen molar-refractivity contribution in [3.05, 3.63) is 59.7 Å². The van der Waals surface area contributed by atoms with Crippen LogP contribution in [-0.4, -0.2) is 91.2 Å². The lowest BCUT2D eigenvalue weighted by Crippen LogP contribution is -2.48. The van der Waals surface area contributed by atoms with Crippen molar-refractivity contribution in [2.24, 2.45) is 11.8 Å². The number of carboxylic acid groups (broad SMARTS) is 1. The van der Waals surface area contributed by atoms with Crippen molar-refractivity contribution in [2.45, 2.75) is 123 Å². The van der Waals surface area contributed by atoms with Gasteiger partial charge in [-0.1, -0.05) is 75.2 Å². The summed E-state index contributed by atoms with van der Waals surface area (Å²) in [5.74, 6) is -4.68. The van der Waals surface area contributed by atoms with Crippen molar-refractivity contribution in [1.29, 1.82) is 0 Å². The largest absolute Gasteiger partial charge is 0.480 e. The number of benzene rings is 2. The summed E-state index contributed by atoms with van der Waals surface area (Å²) in [5.41, 5.74) is 3.09. The fourth-order valence-electron chi connectivity index (χ4n) is 6.31. The average Bonchev–Trinajstić information content (AvgIpc) is 3.16. The molecule has 2 aromatic rings. The molecule has 1 saturated heterocycles. The van der Waals surface area contributed by atoms with Crippen molar-refractivity contribution in [1.82, 2.24) is 16.0 Å². The Labute approximate surface area is 337 Å². The van der Waals surface area contributed by atoms with Crippen molar-refractivity contribution in [3.8, 4) is 11.1 Å². The number of aliphatic carboxylic acids is 1. The van der Waals surface area contributed by atoms with E-state index >= 15 is 0 Å². The number of alkyl carbamates (subject to hydrolysis) is 1. The van der Waals surface area contributed by atoms with Crippen LogP contribution in [0.3, 0.4) is 0 Å². The molecule has 0 aromatic heterocycles. The highest BCUT2D eigenvalue weighted by molar-refractivity contribution is 6.00. The second-order valence-corrected chi connectivity index (χ2v) is 15.8. The minimum atomic E-state index is -1.20. The maximum absolute atomic E-state index is 14.0. The Hall–Kier alpha value is -4.62. The number of amides is 3. The van der Waals surface area contributed by atoms with Crippen LogP contribution in [0.2, 0.25) is 0 Å². The molecule has 13 heteroatoms. The van der Waals surface area contributed by atoms with E-state index in [2.05, 4.69) is 47.1 Å². The van der Waals surface area contributed by atoms with Gasteiger partial charge in [0.25, 0.3) is 0 Å². The molecule has 0 spiro atoms. The summed E-state index contributed by atoms with van der Waals surface area (Å²) in [4.78, 5) is 78.2. The van der Waals surface area contributed by atoms with Gasteiger partial charge in [-0.15, -0.1) is 0 Å². The van der Waals surface area contributed by atoms with Gasteiger partial charge in [0.2, 0.25) is 11.8 Å². The lowest BCUT2D eigenvalue weighted by atomic mass is 9.91. The molecule has 0 bridgehead atoms. The lowest BCUT2D eigenvalue weighted by molar-refractivity contribution is -0.143. The van der Waals surface area contributed by atoms with Crippen molar-refractivity contribution >= 4 is 35.4 Å². The molecule has 57 heavy (non-hydrogen) atoms. The first-order valence-electron chi connectivity index (χ1n) is 20.4. The third-order valence-electron chi connectivity index (χ3n) is 9.70. The fraction of sp³-hybridized carbons (Fsp3) is 0.591. The number of carbonyl (C=O) groups excluding carboxylic acids is 5. The van der Waals surface area contributed by atoms with Gasteiger partial charge in [-0.2, -0.15) is 0 Å². The number of carboxylic acids is 1. The second-order valence-electron chi connectivity index (χ2n) is 15.8. The van der Waals surface area contributed by atoms with E-state index in [1.807, 2.05) is 12.1 Å². The summed E-state index contributed by atoms with van der Waals surface area (Å²) >= 11 is 0. The van der Waals surface area contributed by atoms with Crippen LogP contribution < -0.4 is 16.0 Å². The molecule has 1 heterocycles. The zero-order valence-corrected chi connectivity index (χ0v) is 34.4. The molecule has 1 fully saturated rings. The zero-order valence-electron chi connectivity index (χ0n) is 34.4. The zero-order chi connectivity index (χ0) is 41.8. The van der Waals surface area contributed by atoms with E-state index in [-0.39, 0.29) is 38.3 Å². The van der Waals surface area contributed by atoms with E-state index in [0.717, 1.165) is 30.4 Å². The van der Waals surface area contributed by atoms with Gasteiger partial charge in [0.05, 0.1) is 6.61 Å². The van der Waals surface area contributed by atoms with Gasteiger partial charge in [0.1, 0.15) is 17.7 Å². The van der Waals surface area contributed by atoms with Crippen LogP contribution in [0.1, 0.15) is 115 Å². The first kappa shape index (κ1) is 46.8. The quantitative estimate of drug-likeness (QED) is 0.115. The van der Waals surface area contributed by atoms with Crippen LogP contribution in [0.15, 0.2) is 48.5 Å². The third-order valence-corrected chi connectivity index (χ3v) is 9.70. The standard InChI is InChI=1S/C44H63N3O10/c1-6-7-12-31-14-16-32(17-15-31)33-18-20-34(21-19-33)38(48)28-35(13-8-9-23-45-43(54)57-44(3,4)5)41(51)47-37-29-56-25-11-10-24-55-26-22-36(42(52)53)46-40(50)30(2)27-39(37)49/h14-21,30,35-37H,6-13,22-29H2,1-5H3,(H,45,54)(H,46,50)(H,47,51)(H,52,53)/t30-,35-,36+,37+/m1/s1. The van der Waals surface area contributed by atoms with E-state index < -0.39 is 59.2 Å². The molecule has 0 saturated carbocycles. The number of rotatable bonds is 15. The van der Waals surface area contributed by atoms with Crippen LogP contribution in [-0.2, 0) is 39.8 Å². The number of nitrogens with one attached hydrogen (secondary N) is 3. The van der Waals surface area contributed by atoms with Gasteiger partial charge in [-0.05, 0) is 76.0 Å². The minimum absolute atomic E-state index is 0.0746. The summed E-state index contributed by atoms with van der Waals surface area (Å²) < 4.78 is 16.7. The number of ketones is 2. The fourth-order valence-corrected chi connectivity index (χ4v) is 6.31. The van der Waals surface area contributed by atoms with Crippen molar-refractivity contribution in [3.63, 3.8) is 0 Å². The molecule has 4 N–H and O–H groups in total. The first-order valence-corrected chi connectivity index (χ1v) is 20.4. The molecule has 0 unspecified atom stereocenters. The Kier molecular flexibility index (Phi) is 19.9. The first-order chi connectivity index (χ1) is 27.2.